The summed E-state index contributed by atoms with van der Waals surface area (Å²) in [4.78, 5) is 17.0. The van der Waals surface area contributed by atoms with Crippen LogP contribution in [-0.4, -0.2) is 40.8 Å². The van der Waals surface area contributed by atoms with Crippen LogP contribution in [0.1, 0.15) is 17.9 Å². The first-order chi connectivity index (χ1) is 11.2. The lowest BCUT2D eigenvalue weighted by Gasteiger charge is -2.18. The lowest BCUT2D eigenvalue weighted by atomic mass is 9.86. The summed E-state index contributed by atoms with van der Waals surface area (Å²) in [5.41, 5.74) is 3.18. The molecule has 4 rings (SSSR count). The van der Waals surface area contributed by atoms with Crippen molar-refractivity contribution in [2.75, 3.05) is 19.7 Å². The SMILES string of the molecule is O=C(O)N1C[C@@H]2CCOc3c(-c4cccnc4)cccc3[C@H]2C1. The van der Waals surface area contributed by atoms with Crippen LogP contribution in [0.3, 0.4) is 0 Å². The topological polar surface area (TPSA) is 62.7 Å². The van der Waals surface area contributed by atoms with Gasteiger partial charge in [-0.05, 0) is 24.0 Å². The molecule has 0 saturated carbocycles. The van der Waals surface area contributed by atoms with Gasteiger partial charge >= 0.3 is 6.09 Å². The van der Waals surface area contributed by atoms with Crippen molar-refractivity contribution in [3.8, 4) is 16.9 Å². The summed E-state index contributed by atoms with van der Waals surface area (Å²) in [6.45, 7) is 1.77. The van der Waals surface area contributed by atoms with E-state index in [1.165, 1.54) is 4.90 Å². The Labute approximate surface area is 134 Å². The monoisotopic (exact) mass is 310 g/mol. The molecule has 0 unspecified atom stereocenters. The molecule has 1 amide bonds. The predicted molar refractivity (Wildman–Crippen MR) is 85.6 cm³/mol. The fraction of sp³-hybridized carbons (Fsp3) is 0.333. The van der Waals surface area contributed by atoms with Gasteiger partial charge < -0.3 is 14.7 Å². The van der Waals surface area contributed by atoms with Crippen molar-refractivity contribution < 1.29 is 14.6 Å². The Kier molecular flexibility index (Phi) is 3.41. The Morgan fingerprint density at radius 3 is 2.96 bits per heavy atom. The van der Waals surface area contributed by atoms with E-state index in [0.717, 1.165) is 28.9 Å². The molecule has 2 atom stereocenters. The Bertz CT molecular complexity index is 732. The number of aromatic nitrogens is 1. The van der Waals surface area contributed by atoms with Gasteiger partial charge in [-0.15, -0.1) is 0 Å². The second-order valence-corrected chi connectivity index (χ2v) is 6.16. The molecule has 118 valence electrons. The van der Waals surface area contributed by atoms with Crippen LogP contribution < -0.4 is 4.74 Å². The average molecular weight is 310 g/mol. The van der Waals surface area contributed by atoms with Crippen LogP contribution in [0.25, 0.3) is 11.1 Å². The van der Waals surface area contributed by atoms with E-state index >= 15 is 0 Å². The summed E-state index contributed by atoms with van der Waals surface area (Å²) in [5.74, 6) is 1.43. The number of nitrogens with zero attached hydrogens (tertiary/aromatic N) is 2. The number of likely N-dealkylation sites (tertiary alicyclic amines) is 1. The highest BCUT2D eigenvalue weighted by Crippen LogP contribution is 2.45. The molecule has 0 bridgehead atoms. The van der Waals surface area contributed by atoms with Crippen molar-refractivity contribution in [3.63, 3.8) is 0 Å². The maximum atomic E-state index is 11.3. The van der Waals surface area contributed by atoms with Crippen LogP contribution in [0.5, 0.6) is 5.75 Å². The minimum absolute atomic E-state index is 0.209. The van der Waals surface area contributed by atoms with Crippen LogP contribution in [0.15, 0.2) is 42.7 Å². The number of carboxylic acid groups (broad SMARTS) is 1. The Morgan fingerprint density at radius 1 is 1.26 bits per heavy atom. The molecule has 0 aliphatic carbocycles. The molecule has 2 aliphatic heterocycles. The molecule has 1 aromatic heterocycles. The number of carbonyl (C=O) groups is 1. The summed E-state index contributed by atoms with van der Waals surface area (Å²) < 4.78 is 6.07. The summed E-state index contributed by atoms with van der Waals surface area (Å²) in [6, 6.07) is 10.1. The van der Waals surface area contributed by atoms with E-state index in [4.69, 9.17) is 4.74 Å². The number of para-hydroxylation sites is 1. The van der Waals surface area contributed by atoms with E-state index in [-0.39, 0.29) is 5.92 Å². The standard InChI is InChI=1S/C18H18N2O3/c21-18(22)20-10-13-6-8-23-17-14(12-3-2-7-19-9-12)4-1-5-15(17)16(13)11-20/h1-5,7,9,13,16H,6,8,10-11H2,(H,21,22)/t13-,16-/m0/s1. The molecule has 1 fully saturated rings. The average Bonchev–Trinajstić information content (AvgIpc) is 2.92. The van der Waals surface area contributed by atoms with E-state index in [1.807, 2.05) is 30.5 Å². The molecule has 2 aliphatic rings. The van der Waals surface area contributed by atoms with Gasteiger partial charge in [0, 0.05) is 42.5 Å². The van der Waals surface area contributed by atoms with Gasteiger partial charge in [0.2, 0.25) is 0 Å². The third-order valence-electron chi connectivity index (χ3n) is 4.86. The normalized spacial score (nSPS) is 22.7. The van der Waals surface area contributed by atoms with E-state index in [1.54, 1.807) is 6.20 Å². The molecule has 0 spiro atoms. The van der Waals surface area contributed by atoms with Crippen molar-refractivity contribution in [1.82, 2.24) is 9.88 Å². The molecule has 5 nitrogen and oxygen atoms in total. The third-order valence-corrected chi connectivity index (χ3v) is 4.86. The van der Waals surface area contributed by atoms with Gasteiger partial charge in [0.1, 0.15) is 5.75 Å². The van der Waals surface area contributed by atoms with Crippen LogP contribution in [0.4, 0.5) is 4.79 Å². The van der Waals surface area contributed by atoms with Gasteiger partial charge in [-0.1, -0.05) is 24.3 Å². The number of amides is 1. The summed E-state index contributed by atoms with van der Waals surface area (Å²) >= 11 is 0. The van der Waals surface area contributed by atoms with E-state index in [9.17, 15) is 9.90 Å². The van der Waals surface area contributed by atoms with Crippen LogP contribution in [0.2, 0.25) is 0 Å². The van der Waals surface area contributed by atoms with Crippen molar-refractivity contribution in [3.05, 3.63) is 48.3 Å². The molecule has 2 aromatic rings. The largest absolute Gasteiger partial charge is 0.493 e. The first-order valence-corrected chi connectivity index (χ1v) is 7.88. The minimum Gasteiger partial charge on any atom is -0.493 e. The second-order valence-electron chi connectivity index (χ2n) is 6.16. The van der Waals surface area contributed by atoms with Crippen molar-refractivity contribution in [2.45, 2.75) is 12.3 Å². The number of fused-ring (bicyclic) bond motifs is 3. The molecule has 0 radical (unpaired) electrons. The molecular weight excluding hydrogens is 292 g/mol. The first-order valence-electron chi connectivity index (χ1n) is 7.88. The maximum Gasteiger partial charge on any atom is 0.407 e. The zero-order valence-corrected chi connectivity index (χ0v) is 12.7. The van der Waals surface area contributed by atoms with Crippen LogP contribution >= 0.6 is 0 Å². The van der Waals surface area contributed by atoms with Crippen LogP contribution in [-0.2, 0) is 0 Å². The zero-order chi connectivity index (χ0) is 15.8. The van der Waals surface area contributed by atoms with Gasteiger partial charge in [-0.25, -0.2) is 4.79 Å². The van der Waals surface area contributed by atoms with Crippen molar-refractivity contribution >= 4 is 6.09 Å². The van der Waals surface area contributed by atoms with Gasteiger partial charge in [0.05, 0.1) is 6.61 Å². The molecule has 5 heteroatoms. The van der Waals surface area contributed by atoms with E-state index < -0.39 is 6.09 Å². The molecule has 23 heavy (non-hydrogen) atoms. The third kappa shape index (κ3) is 2.42. The minimum atomic E-state index is -0.830. The quantitative estimate of drug-likeness (QED) is 0.878. The predicted octanol–water partition coefficient (Wildman–Crippen LogP) is 3.22. The van der Waals surface area contributed by atoms with E-state index in [2.05, 4.69) is 11.1 Å². The molecule has 1 aromatic carbocycles. The Hall–Kier alpha value is -2.56. The molecule has 3 heterocycles. The molecule has 1 saturated heterocycles. The molecule has 1 N–H and O–H groups in total. The van der Waals surface area contributed by atoms with Gasteiger partial charge in [0.25, 0.3) is 0 Å². The fourth-order valence-electron chi connectivity index (χ4n) is 3.74. The highest BCUT2D eigenvalue weighted by atomic mass is 16.5. The highest BCUT2D eigenvalue weighted by Gasteiger charge is 2.39. The smallest absolute Gasteiger partial charge is 0.407 e. The summed E-state index contributed by atoms with van der Waals surface area (Å²) in [5, 5.41) is 9.30. The second kappa shape index (κ2) is 5.57. The summed E-state index contributed by atoms with van der Waals surface area (Å²) in [6.07, 6.45) is 3.64. The summed E-state index contributed by atoms with van der Waals surface area (Å²) in [7, 11) is 0. The number of pyridine rings is 1. The van der Waals surface area contributed by atoms with Gasteiger partial charge in [-0.2, -0.15) is 0 Å². The fourth-order valence-corrected chi connectivity index (χ4v) is 3.74. The maximum absolute atomic E-state index is 11.3. The number of ether oxygens (including phenoxy) is 1. The number of hydrogen-bond donors (Lipinski definition) is 1. The highest BCUT2D eigenvalue weighted by molar-refractivity contribution is 5.72. The Morgan fingerprint density at radius 2 is 2.17 bits per heavy atom. The van der Waals surface area contributed by atoms with Crippen LogP contribution in [0, 0.1) is 5.92 Å². The number of rotatable bonds is 1. The van der Waals surface area contributed by atoms with Gasteiger partial charge in [-0.3, -0.25) is 4.98 Å². The first kappa shape index (κ1) is 14.1. The number of hydrogen-bond acceptors (Lipinski definition) is 3. The van der Waals surface area contributed by atoms with E-state index in [0.29, 0.717) is 25.6 Å². The lowest BCUT2D eigenvalue weighted by Crippen LogP contribution is -2.27. The van der Waals surface area contributed by atoms with Crippen molar-refractivity contribution in [1.29, 1.82) is 0 Å². The lowest BCUT2D eigenvalue weighted by molar-refractivity contribution is 0.152. The van der Waals surface area contributed by atoms with Crippen molar-refractivity contribution in [2.24, 2.45) is 5.92 Å². The Balaban J connectivity index is 1.78. The number of benzene rings is 1. The molecular formula is C18H18N2O3. The van der Waals surface area contributed by atoms with Gasteiger partial charge in [0.15, 0.2) is 0 Å². The zero-order valence-electron chi connectivity index (χ0n) is 12.7.